The lowest BCUT2D eigenvalue weighted by Crippen LogP contribution is -2.12. The fourth-order valence-corrected chi connectivity index (χ4v) is 2.71. The molecular formula is C16H12FN5O3S. The SMILES string of the molecule is N#CCOc1nc(-c2ccc(F)cc2)n(-c2ccc(S(N)(=O)=O)cc2)n1. The van der Waals surface area contributed by atoms with Gasteiger partial charge in [-0.3, -0.25) is 0 Å². The summed E-state index contributed by atoms with van der Waals surface area (Å²) in [4.78, 5) is 4.16. The smallest absolute Gasteiger partial charge is 0.337 e. The summed E-state index contributed by atoms with van der Waals surface area (Å²) in [7, 11) is -3.82. The summed E-state index contributed by atoms with van der Waals surface area (Å²) in [5.41, 5.74) is 1.04. The van der Waals surface area contributed by atoms with Crippen LogP contribution in [0.5, 0.6) is 6.01 Å². The van der Waals surface area contributed by atoms with Gasteiger partial charge in [0.1, 0.15) is 11.9 Å². The monoisotopic (exact) mass is 373 g/mol. The second-order valence-corrected chi connectivity index (χ2v) is 6.68. The molecule has 10 heteroatoms. The van der Waals surface area contributed by atoms with Crippen molar-refractivity contribution in [1.82, 2.24) is 14.8 Å². The molecule has 3 rings (SSSR count). The molecule has 0 amide bonds. The first-order chi connectivity index (χ1) is 12.4. The first-order valence-corrected chi connectivity index (χ1v) is 8.79. The van der Waals surface area contributed by atoms with Crippen LogP contribution < -0.4 is 9.88 Å². The highest BCUT2D eigenvalue weighted by Crippen LogP contribution is 2.24. The Kier molecular flexibility index (Phi) is 4.66. The third-order valence-corrected chi connectivity index (χ3v) is 4.30. The molecule has 0 aliphatic rings. The molecule has 0 saturated carbocycles. The van der Waals surface area contributed by atoms with Gasteiger partial charge in [0.05, 0.1) is 10.6 Å². The maximum atomic E-state index is 13.2. The molecule has 1 aromatic heterocycles. The van der Waals surface area contributed by atoms with Gasteiger partial charge in [-0.25, -0.2) is 22.6 Å². The number of halogens is 1. The number of sulfonamides is 1. The number of benzene rings is 2. The maximum Gasteiger partial charge on any atom is 0.337 e. The number of rotatable bonds is 5. The van der Waals surface area contributed by atoms with E-state index in [0.717, 1.165) is 0 Å². The molecular weight excluding hydrogens is 361 g/mol. The Morgan fingerprint density at radius 1 is 1.15 bits per heavy atom. The highest BCUT2D eigenvalue weighted by molar-refractivity contribution is 7.89. The number of ether oxygens (including phenoxy) is 1. The van der Waals surface area contributed by atoms with Gasteiger partial charge in [-0.05, 0) is 48.5 Å². The van der Waals surface area contributed by atoms with Crippen molar-refractivity contribution in [3.63, 3.8) is 0 Å². The zero-order valence-electron chi connectivity index (χ0n) is 13.2. The summed E-state index contributed by atoms with van der Waals surface area (Å²) < 4.78 is 42.5. The standard InChI is InChI=1S/C16H12FN5O3S/c17-12-3-1-11(2-4-12)15-20-16(25-10-9-18)21-22(15)13-5-7-14(8-6-13)26(19,23)24/h1-8H,10H2,(H2,19,23,24). The van der Waals surface area contributed by atoms with E-state index in [9.17, 15) is 12.8 Å². The van der Waals surface area contributed by atoms with Gasteiger partial charge in [-0.2, -0.15) is 10.2 Å². The minimum absolute atomic E-state index is 0.0404. The molecule has 0 bridgehead atoms. The normalized spacial score (nSPS) is 11.1. The third kappa shape index (κ3) is 3.69. The Hall–Kier alpha value is -3.29. The number of aromatic nitrogens is 3. The van der Waals surface area contributed by atoms with Crippen LogP contribution in [0.25, 0.3) is 17.1 Å². The van der Waals surface area contributed by atoms with E-state index in [1.54, 1.807) is 0 Å². The Morgan fingerprint density at radius 2 is 1.81 bits per heavy atom. The minimum atomic E-state index is -3.82. The highest BCUT2D eigenvalue weighted by Gasteiger charge is 2.16. The molecule has 2 N–H and O–H groups in total. The number of nitriles is 1. The quantitative estimate of drug-likeness (QED) is 0.725. The van der Waals surface area contributed by atoms with Crippen LogP contribution in [0, 0.1) is 17.1 Å². The summed E-state index contributed by atoms with van der Waals surface area (Å²) in [5, 5.41) is 17.9. The van der Waals surface area contributed by atoms with Crippen LogP contribution in [0.4, 0.5) is 4.39 Å². The van der Waals surface area contributed by atoms with E-state index in [1.165, 1.54) is 53.2 Å². The average molecular weight is 373 g/mol. The second kappa shape index (κ2) is 6.91. The predicted molar refractivity (Wildman–Crippen MR) is 89.2 cm³/mol. The van der Waals surface area contributed by atoms with Gasteiger partial charge in [0.2, 0.25) is 10.0 Å². The zero-order valence-corrected chi connectivity index (χ0v) is 14.0. The predicted octanol–water partition coefficient (Wildman–Crippen LogP) is 1.62. The summed E-state index contributed by atoms with van der Waals surface area (Å²) >= 11 is 0. The summed E-state index contributed by atoms with van der Waals surface area (Å²) in [5.74, 6) is -0.0698. The van der Waals surface area contributed by atoms with E-state index in [0.29, 0.717) is 17.1 Å². The maximum absolute atomic E-state index is 13.2. The summed E-state index contributed by atoms with van der Waals surface area (Å²) in [6.45, 7) is -0.239. The lowest BCUT2D eigenvalue weighted by molar-refractivity contribution is 0.338. The molecule has 3 aromatic rings. The van der Waals surface area contributed by atoms with Crippen LogP contribution in [0.2, 0.25) is 0 Å². The molecule has 8 nitrogen and oxygen atoms in total. The molecule has 0 radical (unpaired) electrons. The van der Waals surface area contributed by atoms with E-state index >= 15 is 0 Å². The van der Waals surface area contributed by atoms with Crippen molar-refractivity contribution in [3.05, 3.63) is 54.3 Å². The molecule has 0 saturated heterocycles. The largest absolute Gasteiger partial charge is 0.447 e. The van der Waals surface area contributed by atoms with Crippen LogP contribution in [-0.4, -0.2) is 29.8 Å². The minimum Gasteiger partial charge on any atom is -0.447 e. The second-order valence-electron chi connectivity index (χ2n) is 5.12. The van der Waals surface area contributed by atoms with Gasteiger partial charge in [-0.1, -0.05) is 0 Å². The lowest BCUT2D eigenvalue weighted by Gasteiger charge is -2.06. The average Bonchev–Trinajstić information content (AvgIpc) is 3.04. The summed E-state index contributed by atoms with van der Waals surface area (Å²) in [6, 6.07) is 13.0. The molecule has 0 aliphatic carbocycles. The van der Waals surface area contributed by atoms with Crippen molar-refractivity contribution >= 4 is 10.0 Å². The molecule has 0 fully saturated rings. The molecule has 2 aromatic carbocycles. The van der Waals surface area contributed by atoms with E-state index in [-0.39, 0.29) is 17.5 Å². The fourth-order valence-electron chi connectivity index (χ4n) is 2.19. The topological polar surface area (TPSA) is 124 Å². The van der Waals surface area contributed by atoms with Gasteiger partial charge in [0, 0.05) is 5.56 Å². The van der Waals surface area contributed by atoms with Gasteiger partial charge < -0.3 is 4.74 Å². The number of nitrogens with two attached hydrogens (primary N) is 1. The lowest BCUT2D eigenvalue weighted by atomic mass is 10.2. The van der Waals surface area contributed by atoms with Crippen molar-refractivity contribution in [2.45, 2.75) is 4.90 Å². The molecule has 0 spiro atoms. The van der Waals surface area contributed by atoms with Gasteiger partial charge in [0.25, 0.3) is 0 Å². The third-order valence-electron chi connectivity index (χ3n) is 3.37. The molecule has 26 heavy (non-hydrogen) atoms. The van der Waals surface area contributed by atoms with Crippen molar-refractivity contribution in [1.29, 1.82) is 5.26 Å². The zero-order chi connectivity index (χ0) is 18.7. The Morgan fingerprint density at radius 3 is 2.38 bits per heavy atom. The first-order valence-electron chi connectivity index (χ1n) is 7.24. The Labute approximate surface area is 148 Å². The fraction of sp³-hybridized carbons (Fsp3) is 0.0625. The van der Waals surface area contributed by atoms with Gasteiger partial charge in [0.15, 0.2) is 12.4 Å². The van der Waals surface area contributed by atoms with Crippen LogP contribution in [0.1, 0.15) is 0 Å². The Bertz CT molecular complexity index is 1070. The van der Waals surface area contributed by atoms with E-state index in [2.05, 4.69) is 10.1 Å². The van der Waals surface area contributed by atoms with Crippen LogP contribution in [-0.2, 0) is 10.0 Å². The number of hydrogen-bond acceptors (Lipinski definition) is 6. The van der Waals surface area contributed by atoms with Crippen molar-refractivity contribution in [2.24, 2.45) is 5.14 Å². The molecule has 0 unspecified atom stereocenters. The van der Waals surface area contributed by atoms with Crippen LogP contribution in [0.3, 0.4) is 0 Å². The van der Waals surface area contributed by atoms with E-state index in [4.69, 9.17) is 15.1 Å². The molecule has 1 heterocycles. The highest BCUT2D eigenvalue weighted by atomic mass is 32.2. The molecule has 0 aliphatic heterocycles. The number of hydrogen-bond donors (Lipinski definition) is 1. The molecule has 132 valence electrons. The van der Waals surface area contributed by atoms with Crippen molar-refractivity contribution < 1.29 is 17.5 Å². The van der Waals surface area contributed by atoms with E-state index < -0.39 is 15.8 Å². The summed E-state index contributed by atoms with van der Waals surface area (Å²) in [6.07, 6.45) is 0. The van der Waals surface area contributed by atoms with Gasteiger partial charge >= 0.3 is 6.01 Å². The number of nitrogens with zero attached hydrogens (tertiary/aromatic N) is 4. The first kappa shape index (κ1) is 17.5. The van der Waals surface area contributed by atoms with Crippen LogP contribution in [0.15, 0.2) is 53.4 Å². The number of primary sulfonamides is 1. The van der Waals surface area contributed by atoms with Gasteiger partial charge in [-0.15, -0.1) is 5.10 Å². The Balaban J connectivity index is 2.08. The van der Waals surface area contributed by atoms with Crippen LogP contribution >= 0.6 is 0 Å². The van der Waals surface area contributed by atoms with Crippen molar-refractivity contribution in [3.8, 4) is 29.2 Å². The molecule has 0 atom stereocenters. The van der Waals surface area contributed by atoms with Crippen molar-refractivity contribution in [2.75, 3.05) is 6.61 Å². The van der Waals surface area contributed by atoms with E-state index in [1.807, 2.05) is 6.07 Å².